The molecule has 6 rings (SSSR count). The second kappa shape index (κ2) is 9.87. The molecule has 6 aromatic rings. The highest BCUT2D eigenvalue weighted by atomic mass is 79.9. The molecule has 0 radical (unpaired) electrons. The van der Waals surface area contributed by atoms with Crippen molar-refractivity contribution in [3.63, 3.8) is 0 Å². The van der Waals surface area contributed by atoms with Crippen molar-refractivity contribution in [2.24, 2.45) is 5.73 Å². The van der Waals surface area contributed by atoms with Crippen LogP contribution in [0.3, 0.4) is 0 Å². The number of ketones is 1. The molecule has 2 aromatic heterocycles. The molecule has 0 amide bonds. The molecule has 0 unspecified atom stereocenters. The Morgan fingerprint density at radius 1 is 0.975 bits per heavy atom. The van der Waals surface area contributed by atoms with Crippen molar-refractivity contribution >= 4 is 71.2 Å². The Kier molecular flexibility index (Phi) is 6.47. The highest BCUT2D eigenvalue weighted by Gasteiger charge is 2.23. The zero-order chi connectivity index (χ0) is 28.2. The van der Waals surface area contributed by atoms with Gasteiger partial charge >= 0.3 is 5.97 Å². The van der Waals surface area contributed by atoms with Crippen molar-refractivity contribution in [2.75, 3.05) is 0 Å². The van der Waals surface area contributed by atoms with Crippen LogP contribution in [0.25, 0.3) is 54.9 Å². The number of hydrogen-bond acceptors (Lipinski definition) is 5. The summed E-state index contributed by atoms with van der Waals surface area (Å²) in [4.78, 5) is 37.2. The maximum absolute atomic E-state index is 13.0. The Hall–Kier alpha value is -4.01. The smallest absolute Gasteiger partial charge is 0.308 e. The molecule has 0 fully saturated rings. The van der Waals surface area contributed by atoms with E-state index in [1.165, 1.54) is 0 Å². The number of carbonyl (C=O) groups excluding carboxylic acids is 2. The molecule has 2 heterocycles. The van der Waals surface area contributed by atoms with Gasteiger partial charge in [0.15, 0.2) is 5.78 Å². The number of fused-ring (bicyclic) bond motifs is 7. The largest absolute Gasteiger partial charge is 0.460 e. The molecule has 4 N–H and O–H groups in total. The van der Waals surface area contributed by atoms with E-state index in [4.69, 9.17) is 15.5 Å². The van der Waals surface area contributed by atoms with E-state index in [9.17, 15) is 9.59 Å². The molecular weight excluding hydrogens is 568 g/mol. The van der Waals surface area contributed by atoms with Crippen molar-refractivity contribution in [3.8, 4) is 11.4 Å². The van der Waals surface area contributed by atoms with Crippen LogP contribution in [-0.4, -0.2) is 38.3 Å². The van der Waals surface area contributed by atoms with E-state index in [0.717, 1.165) is 64.9 Å². The van der Waals surface area contributed by atoms with E-state index in [0.29, 0.717) is 0 Å². The number of Topliss-reactive ketones (excluding diaryl/α,β-unsaturated/α-hetero) is 1. The minimum Gasteiger partial charge on any atom is -0.460 e. The summed E-state index contributed by atoms with van der Waals surface area (Å²) in [6.45, 7) is 5.36. The Balaban J connectivity index is 1.42. The summed E-state index contributed by atoms with van der Waals surface area (Å²) in [5.74, 6) is 0.0700. The van der Waals surface area contributed by atoms with E-state index >= 15 is 0 Å². The van der Waals surface area contributed by atoms with E-state index in [2.05, 4.69) is 44.1 Å². The van der Waals surface area contributed by atoms with Gasteiger partial charge in [-0.2, -0.15) is 0 Å². The second-order valence-corrected chi connectivity index (χ2v) is 12.1. The van der Waals surface area contributed by atoms with Crippen LogP contribution in [0.2, 0.25) is 0 Å². The van der Waals surface area contributed by atoms with Crippen LogP contribution in [-0.2, 0) is 20.7 Å². The van der Waals surface area contributed by atoms with Gasteiger partial charge < -0.3 is 20.4 Å². The summed E-state index contributed by atoms with van der Waals surface area (Å²) in [7, 11) is 0. The molecule has 0 aliphatic heterocycles. The van der Waals surface area contributed by atoms with Crippen LogP contribution in [0, 0.1) is 0 Å². The summed E-state index contributed by atoms with van der Waals surface area (Å²) in [5, 5.41) is 5.24. The molecule has 7 nitrogen and oxygen atoms in total. The normalized spacial score (nSPS) is 12.9. The molecule has 0 aliphatic rings. The van der Waals surface area contributed by atoms with Crippen molar-refractivity contribution in [1.29, 1.82) is 0 Å². The van der Waals surface area contributed by atoms with Gasteiger partial charge in [0.25, 0.3) is 0 Å². The number of H-pyrrole nitrogens is 2. The minimum atomic E-state index is -0.930. The van der Waals surface area contributed by atoms with E-state index in [-0.39, 0.29) is 18.6 Å². The highest BCUT2D eigenvalue weighted by molar-refractivity contribution is 9.10. The number of benzene rings is 4. The minimum absolute atomic E-state index is 0.113. The third-order valence-corrected chi connectivity index (χ3v) is 7.52. The number of aromatic amines is 2. The monoisotopic (exact) mass is 596 g/mol. The van der Waals surface area contributed by atoms with Gasteiger partial charge in [-0.25, -0.2) is 4.98 Å². The Morgan fingerprint density at radius 2 is 1.73 bits per heavy atom. The lowest BCUT2D eigenvalue weighted by Crippen LogP contribution is -2.36. The van der Waals surface area contributed by atoms with Crippen LogP contribution < -0.4 is 5.73 Å². The predicted octanol–water partition coefficient (Wildman–Crippen LogP) is 6.95. The summed E-state index contributed by atoms with van der Waals surface area (Å²) < 4.78 is 6.33. The van der Waals surface area contributed by atoms with E-state index < -0.39 is 17.6 Å². The van der Waals surface area contributed by atoms with Crippen molar-refractivity contribution in [1.82, 2.24) is 15.0 Å². The average Bonchev–Trinajstić information content (AvgIpc) is 3.52. The fraction of sp³-hybridized carbons (Fsp3) is 0.219. The van der Waals surface area contributed by atoms with Gasteiger partial charge in [-0.15, -0.1) is 0 Å². The fourth-order valence-corrected chi connectivity index (χ4v) is 5.62. The zero-order valence-corrected chi connectivity index (χ0v) is 24.1. The van der Waals surface area contributed by atoms with Crippen LogP contribution >= 0.6 is 15.9 Å². The van der Waals surface area contributed by atoms with Gasteiger partial charge in [-0.05, 0) is 61.4 Å². The maximum Gasteiger partial charge on any atom is 0.308 e. The van der Waals surface area contributed by atoms with Crippen molar-refractivity contribution in [2.45, 2.75) is 45.3 Å². The number of nitrogens with one attached hydrogen (secondary N) is 2. The summed E-state index contributed by atoms with van der Waals surface area (Å²) in [6.07, 6.45) is 1.93. The van der Waals surface area contributed by atoms with Gasteiger partial charge in [0, 0.05) is 44.3 Å². The third kappa shape index (κ3) is 4.89. The topological polar surface area (TPSA) is 114 Å². The number of ether oxygens (including phenoxy) is 1. The number of esters is 1. The molecular formula is C32H29BrN4O3. The zero-order valence-electron chi connectivity index (χ0n) is 22.5. The predicted molar refractivity (Wildman–Crippen MR) is 163 cm³/mol. The molecule has 0 saturated carbocycles. The summed E-state index contributed by atoms with van der Waals surface area (Å²) >= 11 is 3.58. The number of carbonyl (C=O) groups is 2. The molecule has 4 aromatic carbocycles. The quantitative estimate of drug-likeness (QED) is 0.142. The number of aromatic nitrogens is 3. The van der Waals surface area contributed by atoms with Gasteiger partial charge in [-0.3, -0.25) is 9.59 Å². The maximum atomic E-state index is 13.0. The summed E-state index contributed by atoms with van der Waals surface area (Å²) in [6, 6.07) is 19.4. The van der Waals surface area contributed by atoms with Crippen LogP contribution in [0.1, 0.15) is 32.8 Å². The fourth-order valence-electron chi connectivity index (χ4n) is 5.26. The molecule has 202 valence electrons. The van der Waals surface area contributed by atoms with Crippen LogP contribution in [0.15, 0.2) is 71.3 Å². The lowest BCUT2D eigenvalue weighted by molar-refractivity contribution is -0.156. The number of imidazole rings is 1. The first kappa shape index (κ1) is 26.2. The number of rotatable bonds is 6. The van der Waals surface area contributed by atoms with Gasteiger partial charge in [0.2, 0.25) is 0 Å². The number of nitrogens with two attached hydrogens (primary N) is 1. The number of nitrogens with zero attached hydrogens (tertiary/aromatic N) is 1. The molecule has 0 aliphatic carbocycles. The first-order valence-electron chi connectivity index (χ1n) is 13.2. The van der Waals surface area contributed by atoms with Gasteiger partial charge in [-0.1, -0.05) is 52.3 Å². The van der Waals surface area contributed by atoms with Crippen molar-refractivity contribution in [3.05, 3.63) is 76.9 Å². The van der Waals surface area contributed by atoms with E-state index in [1.807, 2.05) is 48.7 Å². The lowest BCUT2D eigenvalue weighted by atomic mass is 9.95. The first-order valence-corrected chi connectivity index (χ1v) is 14.0. The van der Waals surface area contributed by atoms with Crippen molar-refractivity contribution < 1.29 is 14.3 Å². The van der Waals surface area contributed by atoms with Crippen LogP contribution in [0.5, 0.6) is 0 Å². The van der Waals surface area contributed by atoms with Gasteiger partial charge in [0.1, 0.15) is 11.4 Å². The average molecular weight is 598 g/mol. The SMILES string of the molecule is CC(C)(C)OC(=O)C[C@H](N)C(=O)Cc1ccc2c3ccccc3c3[nH]c(-c4c[nH]c5ccc(Br)cc45)nc3c2c1. The van der Waals surface area contributed by atoms with E-state index in [1.54, 1.807) is 20.8 Å². The Morgan fingerprint density at radius 3 is 2.50 bits per heavy atom. The molecule has 0 saturated heterocycles. The Bertz CT molecular complexity index is 1950. The first-order chi connectivity index (χ1) is 19.1. The standard InChI is InChI=1S/C32H29BrN4O3/c1-32(2,3)40-28(39)15-25(34)27(38)13-17-8-10-20-19-6-4-5-7-21(19)29-30(23(20)12-17)37-31(36-29)24-16-35-26-11-9-18(33)14-22(24)26/h4-12,14,16,25,35H,13,15,34H2,1-3H3,(H,36,37)/t25-/m0/s1. The highest BCUT2D eigenvalue weighted by Crippen LogP contribution is 2.37. The number of hydrogen-bond donors (Lipinski definition) is 3. The third-order valence-electron chi connectivity index (χ3n) is 7.03. The number of halogens is 1. The van der Waals surface area contributed by atoms with Gasteiger partial charge in [0.05, 0.1) is 23.5 Å². The molecule has 0 bridgehead atoms. The molecule has 40 heavy (non-hydrogen) atoms. The second-order valence-electron chi connectivity index (χ2n) is 11.2. The molecule has 1 atom stereocenters. The molecule has 8 heteroatoms. The van der Waals surface area contributed by atoms with Crippen LogP contribution in [0.4, 0.5) is 0 Å². The summed E-state index contributed by atoms with van der Waals surface area (Å²) in [5.41, 5.74) is 10.1. The Labute approximate surface area is 239 Å². The molecule has 0 spiro atoms. The lowest BCUT2D eigenvalue weighted by Gasteiger charge is -2.20.